The largest absolute Gasteiger partial charge is 0.493 e. The lowest BCUT2D eigenvalue weighted by atomic mass is 10.1. The van der Waals surface area contributed by atoms with Crippen LogP contribution in [0, 0.1) is 0 Å². The molecule has 1 unspecified atom stereocenters. The maximum Gasteiger partial charge on any atom is 0.227 e. The fourth-order valence-electron chi connectivity index (χ4n) is 3.52. The topological polar surface area (TPSA) is 54.5 Å². The van der Waals surface area contributed by atoms with Gasteiger partial charge < -0.3 is 15.0 Å². The van der Waals surface area contributed by atoms with Crippen LogP contribution in [0.1, 0.15) is 18.9 Å². The Labute approximate surface area is 165 Å². The van der Waals surface area contributed by atoms with Crippen molar-refractivity contribution in [3.8, 4) is 5.75 Å². The highest BCUT2D eigenvalue weighted by atomic mass is 16.5. The molecule has 2 heterocycles. The fourth-order valence-corrected chi connectivity index (χ4v) is 3.52. The molecule has 0 saturated heterocycles. The first kappa shape index (κ1) is 18.0. The average Bonchev–Trinajstić information content (AvgIpc) is 3.05. The minimum Gasteiger partial charge on any atom is -0.493 e. The highest BCUT2D eigenvalue weighted by Crippen LogP contribution is 2.37. The van der Waals surface area contributed by atoms with E-state index in [9.17, 15) is 4.79 Å². The molecule has 0 saturated carbocycles. The fraction of sp³-hybridized carbons (Fsp3) is 0.217. The number of rotatable bonds is 6. The molecule has 1 aliphatic heterocycles. The minimum absolute atomic E-state index is 0.0923. The molecule has 2 aromatic carbocycles. The molecule has 1 amide bonds. The van der Waals surface area contributed by atoms with Gasteiger partial charge in [-0.25, -0.2) is 4.98 Å². The van der Waals surface area contributed by atoms with Gasteiger partial charge in [0.05, 0.1) is 24.9 Å². The van der Waals surface area contributed by atoms with Crippen molar-refractivity contribution in [2.75, 3.05) is 16.8 Å². The van der Waals surface area contributed by atoms with Crippen molar-refractivity contribution < 1.29 is 9.53 Å². The molecule has 1 aromatic heterocycles. The lowest BCUT2D eigenvalue weighted by molar-refractivity contribution is -0.116. The van der Waals surface area contributed by atoms with E-state index in [0.29, 0.717) is 18.3 Å². The number of amides is 1. The quantitative estimate of drug-likeness (QED) is 0.688. The Balaban J connectivity index is 1.34. The molecule has 5 nitrogen and oxygen atoms in total. The Morgan fingerprint density at radius 3 is 2.68 bits per heavy atom. The molecule has 4 rings (SSSR count). The standard InChI is InChI=1S/C23H23N3O2/c1-17-15-18-7-5-6-10-21(18)26(17)22-12-11-19(16-24-22)25-23(27)13-14-28-20-8-3-2-4-9-20/h2-12,16-17H,13-15H2,1H3,(H,25,27). The number of nitrogens with zero attached hydrogens (tertiary/aromatic N) is 2. The van der Waals surface area contributed by atoms with Crippen molar-refractivity contribution in [1.82, 2.24) is 4.98 Å². The molecule has 142 valence electrons. The highest BCUT2D eigenvalue weighted by Gasteiger charge is 2.27. The van der Waals surface area contributed by atoms with Gasteiger partial charge in [-0.3, -0.25) is 4.79 Å². The molecule has 0 bridgehead atoms. The Hall–Kier alpha value is -3.34. The lowest BCUT2D eigenvalue weighted by Crippen LogP contribution is -2.24. The molecule has 0 aliphatic carbocycles. The SMILES string of the molecule is CC1Cc2ccccc2N1c1ccc(NC(=O)CCOc2ccccc2)cn1. The summed E-state index contributed by atoms with van der Waals surface area (Å²) in [5, 5.41) is 2.88. The summed E-state index contributed by atoms with van der Waals surface area (Å²) in [7, 11) is 0. The number of carbonyl (C=O) groups is 1. The number of hydrogen-bond acceptors (Lipinski definition) is 4. The molecular weight excluding hydrogens is 350 g/mol. The summed E-state index contributed by atoms with van der Waals surface area (Å²) < 4.78 is 5.56. The average molecular weight is 373 g/mol. The number of fused-ring (bicyclic) bond motifs is 1. The van der Waals surface area contributed by atoms with Crippen LogP contribution in [-0.4, -0.2) is 23.5 Å². The number of para-hydroxylation sites is 2. The molecule has 0 radical (unpaired) electrons. The van der Waals surface area contributed by atoms with Crippen molar-refractivity contribution >= 4 is 23.1 Å². The Bertz CT molecular complexity index is 942. The van der Waals surface area contributed by atoms with Crippen molar-refractivity contribution in [2.24, 2.45) is 0 Å². The van der Waals surface area contributed by atoms with Gasteiger partial charge in [0.15, 0.2) is 0 Å². The number of benzene rings is 2. The van der Waals surface area contributed by atoms with Crippen LogP contribution >= 0.6 is 0 Å². The lowest BCUT2D eigenvalue weighted by Gasteiger charge is -2.24. The Morgan fingerprint density at radius 2 is 1.89 bits per heavy atom. The minimum atomic E-state index is -0.0923. The first-order valence-corrected chi connectivity index (χ1v) is 9.51. The summed E-state index contributed by atoms with van der Waals surface area (Å²) in [5.74, 6) is 1.56. The zero-order valence-electron chi connectivity index (χ0n) is 15.8. The smallest absolute Gasteiger partial charge is 0.227 e. The molecule has 1 aliphatic rings. The van der Waals surface area contributed by atoms with E-state index in [0.717, 1.165) is 18.0 Å². The van der Waals surface area contributed by atoms with Gasteiger partial charge in [0.1, 0.15) is 11.6 Å². The zero-order valence-corrected chi connectivity index (χ0v) is 15.8. The summed E-state index contributed by atoms with van der Waals surface area (Å²) in [6, 6.07) is 22.1. The second-order valence-electron chi connectivity index (χ2n) is 6.92. The monoisotopic (exact) mass is 373 g/mol. The van der Waals surface area contributed by atoms with Crippen LogP contribution in [0.3, 0.4) is 0 Å². The number of carbonyl (C=O) groups excluding carboxylic acids is 1. The van der Waals surface area contributed by atoms with E-state index < -0.39 is 0 Å². The molecule has 3 aromatic rings. The van der Waals surface area contributed by atoms with E-state index in [-0.39, 0.29) is 12.3 Å². The van der Waals surface area contributed by atoms with E-state index >= 15 is 0 Å². The molecule has 28 heavy (non-hydrogen) atoms. The maximum atomic E-state index is 12.1. The van der Waals surface area contributed by atoms with Crippen LogP contribution in [0.15, 0.2) is 72.9 Å². The number of pyridine rings is 1. The summed E-state index contributed by atoms with van der Waals surface area (Å²) in [6.07, 6.45) is 3.00. The van der Waals surface area contributed by atoms with Gasteiger partial charge in [0, 0.05) is 11.7 Å². The van der Waals surface area contributed by atoms with Crippen LogP contribution in [-0.2, 0) is 11.2 Å². The van der Waals surface area contributed by atoms with Gasteiger partial charge in [-0.15, -0.1) is 0 Å². The Morgan fingerprint density at radius 1 is 1.11 bits per heavy atom. The van der Waals surface area contributed by atoms with Gasteiger partial charge in [-0.2, -0.15) is 0 Å². The van der Waals surface area contributed by atoms with Gasteiger partial charge in [-0.1, -0.05) is 36.4 Å². The third-order valence-electron chi connectivity index (χ3n) is 4.83. The molecule has 5 heteroatoms. The van der Waals surface area contributed by atoms with E-state index in [1.54, 1.807) is 6.20 Å². The predicted octanol–water partition coefficient (Wildman–Crippen LogP) is 4.57. The van der Waals surface area contributed by atoms with E-state index in [1.807, 2.05) is 42.5 Å². The van der Waals surface area contributed by atoms with Crippen molar-refractivity contribution in [3.05, 3.63) is 78.5 Å². The molecular formula is C23H23N3O2. The molecule has 0 spiro atoms. The first-order chi connectivity index (χ1) is 13.7. The third-order valence-corrected chi connectivity index (χ3v) is 4.83. The van der Waals surface area contributed by atoms with E-state index in [4.69, 9.17) is 4.74 Å². The first-order valence-electron chi connectivity index (χ1n) is 9.51. The second kappa shape index (κ2) is 8.13. The summed E-state index contributed by atoms with van der Waals surface area (Å²) in [6.45, 7) is 2.54. The van der Waals surface area contributed by atoms with Crippen LogP contribution in [0.4, 0.5) is 17.2 Å². The molecule has 1 N–H and O–H groups in total. The number of aromatic nitrogens is 1. The second-order valence-corrected chi connectivity index (χ2v) is 6.92. The summed E-state index contributed by atoms with van der Waals surface area (Å²) >= 11 is 0. The predicted molar refractivity (Wildman–Crippen MR) is 111 cm³/mol. The summed E-state index contributed by atoms with van der Waals surface area (Å²) in [4.78, 5) is 18.9. The molecule has 0 fully saturated rings. The zero-order chi connectivity index (χ0) is 19.3. The Kier molecular flexibility index (Phi) is 5.24. The van der Waals surface area contributed by atoms with E-state index in [2.05, 4.69) is 46.4 Å². The van der Waals surface area contributed by atoms with Crippen LogP contribution in [0.2, 0.25) is 0 Å². The van der Waals surface area contributed by atoms with Crippen LogP contribution in [0.5, 0.6) is 5.75 Å². The van der Waals surface area contributed by atoms with Crippen molar-refractivity contribution in [1.29, 1.82) is 0 Å². The van der Waals surface area contributed by atoms with Crippen LogP contribution < -0.4 is 15.0 Å². The number of nitrogens with one attached hydrogen (secondary N) is 1. The van der Waals surface area contributed by atoms with Gasteiger partial charge in [0.2, 0.25) is 5.91 Å². The summed E-state index contributed by atoms with van der Waals surface area (Å²) in [5.41, 5.74) is 3.23. The number of ether oxygens (including phenoxy) is 1. The van der Waals surface area contributed by atoms with Crippen molar-refractivity contribution in [2.45, 2.75) is 25.8 Å². The normalized spacial score (nSPS) is 15.2. The van der Waals surface area contributed by atoms with Gasteiger partial charge in [-0.05, 0) is 49.2 Å². The highest BCUT2D eigenvalue weighted by molar-refractivity contribution is 5.90. The van der Waals surface area contributed by atoms with Crippen molar-refractivity contribution in [3.63, 3.8) is 0 Å². The van der Waals surface area contributed by atoms with Crippen LogP contribution in [0.25, 0.3) is 0 Å². The van der Waals surface area contributed by atoms with E-state index in [1.165, 1.54) is 11.3 Å². The van der Waals surface area contributed by atoms with Gasteiger partial charge >= 0.3 is 0 Å². The third kappa shape index (κ3) is 3.98. The van der Waals surface area contributed by atoms with Gasteiger partial charge in [0.25, 0.3) is 0 Å². The molecule has 1 atom stereocenters. The number of anilines is 3. The maximum absolute atomic E-state index is 12.1. The number of hydrogen-bond donors (Lipinski definition) is 1.